The van der Waals surface area contributed by atoms with Crippen LogP contribution in [0.15, 0.2) is 84.4 Å². The van der Waals surface area contributed by atoms with Crippen LogP contribution in [0.3, 0.4) is 0 Å². The number of aryl methyl sites for hydroxylation is 1. The third kappa shape index (κ3) is 5.52. The Hall–Kier alpha value is -3.96. The standard InChI is InChI=1S/C29H28N4O5S2/c1-5-9-20-24(27(35)37-6-2)25(19-10-7-8-11-21(19)36-4)33-26(34)22(39-29(33)32-20)16-18-12-13-23(38-18)40-28-30-15-14-17(3)31-28/h7-8,10-16,25H,5-6,9H2,1-4H3/b22-16+/t25-/m1/s1. The number of hydrogen-bond acceptors (Lipinski definition) is 10. The van der Waals surface area contributed by atoms with Crippen molar-refractivity contribution in [3.05, 3.63) is 96.6 Å². The molecule has 0 N–H and O–H groups in total. The summed E-state index contributed by atoms with van der Waals surface area (Å²) in [5, 5.41) is 1.18. The van der Waals surface area contributed by atoms with E-state index < -0.39 is 12.0 Å². The van der Waals surface area contributed by atoms with Crippen LogP contribution in [-0.2, 0) is 9.53 Å². The largest absolute Gasteiger partial charge is 0.496 e. The maximum absolute atomic E-state index is 13.9. The highest BCUT2D eigenvalue weighted by atomic mass is 32.2. The first kappa shape index (κ1) is 27.6. The lowest BCUT2D eigenvalue weighted by Crippen LogP contribution is -2.40. The van der Waals surface area contributed by atoms with E-state index in [-0.39, 0.29) is 12.2 Å². The number of methoxy groups -OCH3 is 1. The molecule has 0 bridgehead atoms. The molecule has 0 unspecified atom stereocenters. The van der Waals surface area contributed by atoms with E-state index in [1.807, 2.05) is 50.2 Å². The molecule has 1 atom stereocenters. The van der Waals surface area contributed by atoms with E-state index in [1.54, 1.807) is 36.9 Å². The Labute approximate surface area is 238 Å². The summed E-state index contributed by atoms with van der Waals surface area (Å²) in [5.74, 6) is 0.575. The van der Waals surface area contributed by atoms with E-state index in [4.69, 9.17) is 18.9 Å². The molecule has 0 amide bonds. The van der Waals surface area contributed by atoms with Gasteiger partial charge in [0.05, 0.1) is 29.5 Å². The number of ether oxygens (including phenoxy) is 2. The zero-order valence-corrected chi connectivity index (χ0v) is 24.2. The predicted molar refractivity (Wildman–Crippen MR) is 152 cm³/mol. The topological polar surface area (TPSA) is 109 Å². The van der Waals surface area contributed by atoms with E-state index >= 15 is 0 Å². The van der Waals surface area contributed by atoms with Crippen molar-refractivity contribution < 1.29 is 18.7 Å². The summed E-state index contributed by atoms with van der Waals surface area (Å²) in [6.07, 6.45) is 4.72. The van der Waals surface area contributed by atoms with Gasteiger partial charge in [0.1, 0.15) is 17.6 Å². The van der Waals surface area contributed by atoms with Crippen LogP contribution in [0.5, 0.6) is 5.75 Å². The Balaban J connectivity index is 1.64. The molecule has 0 fully saturated rings. The van der Waals surface area contributed by atoms with Crippen molar-refractivity contribution in [1.29, 1.82) is 0 Å². The fourth-order valence-corrected chi connectivity index (χ4v) is 6.23. The Bertz CT molecular complexity index is 1770. The fraction of sp³-hybridized carbons (Fsp3) is 0.276. The minimum Gasteiger partial charge on any atom is -0.496 e. The number of nitrogens with zero attached hydrogens (tertiary/aromatic N) is 4. The molecule has 1 aromatic carbocycles. The molecule has 40 heavy (non-hydrogen) atoms. The predicted octanol–water partition coefficient (Wildman–Crippen LogP) is 4.43. The second kappa shape index (κ2) is 12.1. The van der Waals surface area contributed by atoms with Crippen molar-refractivity contribution in [3.63, 3.8) is 0 Å². The van der Waals surface area contributed by atoms with Gasteiger partial charge < -0.3 is 13.9 Å². The molecule has 3 aromatic heterocycles. The van der Waals surface area contributed by atoms with Crippen molar-refractivity contribution in [2.24, 2.45) is 4.99 Å². The van der Waals surface area contributed by atoms with Crippen LogP contribution in [0.4, 0.5) is 0 Å². The molecule has 11 heteroatoms. The molecule has 0 saturated carbocycles. The third-order valence-electron chi connectivity index (χ3n) is 6.17. The number of benzene rings is 1. The van der Waals surface area contributed by atoms with Crippen LogP contribution in [-0.4, -0.2) is 34.2 Å². The number of fused-ring (bicyclic) bond motifs is 1. The highest BCUT2D eigenvalue weighted by Crippen LogP contribution is 2.37. The smallest absolute Gasteiger partial charge is 0.338 e. The highest BCUT2D eigenvalue weighted by Gasteiger charge is 2.35. The zero-order valence-electron chi connectivity index (χ0n) is 22.5. The average Bonchev–Trinajstić information content (AvgIpc) is 3.51. The lowest BCUT2D eigenvalue weighted by Gasteiger charge is -2.26. The van der Waals surface area contributed by atoms with Crippen LogP contribution >= 0.6 is 23.1 Å². The fourth-order valence-electron chi connectivity index (χ4n) is 4.47. The van der Waals surface area contributed by atoms with Crippen LogP contribution in [0.25, 0.3) is 6.08 Å². The summed E-state index contributed by atoms with van der Waals surface area (Å²) in [7, 11) is 1.57. The molecule has 1 aliphatic heterocycles. The number of aromatic nitrogens is 3. The number of allylic oxidation sites excluding steroid dienone is 1. The summed E-state index contributed by atoms with van der Waals surface area (Å²) in [6, 6.07) is 12.1. The molecule has 9 nitrogen and oxygen atoms in total. The van der Waals surface area contributed by atoms with Gasteiger partial charge in [-0.05, 0) is 56.3 Å². The summed E-state index contributed by atoms with van der Waals surface area (Å²) in [4.78, 5) is 41.2. The maximum Gasteiger partial charge on any atom is 0.338 e. The molecule has 4 heterocycles. The van der Waals surface area contributed by atoms with E-state index in [1.165, 1.54) is 23.1 Å². The Morgan fingerprint density at radius 2 is 2.02 bits per heavy atom. The minimum atomic E-state index is -0.753. The second-order valence-corrected chi connectivity index (χ2v) is 10.9. The van der Waals surface area contributed by atoms with Crippen LogP contribution in [0.2, 0.25) is 0 Å². The number of thiazole rings is 1. The van der Waals surface area contributed by atoms with Gasteiger partial charge in [-0.3, -0.25) is 9.36 Å². The molecule has 1 aliphatic rings. The molecule has 0 radical (unpaired) electrons. The van der Waals surface area contributed by atoms with Gasteiger partial charge >= 0.3 is 5.97 Å². The van der Waals surface area contributed by atoms with E-state index in [0.717, 1.165) is 12.1 Å². The molecular formula is C29H28N4O5S2. The molecule has 0 saturated heterocycles. The van der Waals surface area contributed by atoms with Crippen LogP contribution in [0.1, 0.15) is 49.7 Å². The van der Waals surface area contributed by atoms with Crippen molar-refractivity contribution in [1.82, 2.24) is 14.5 Å². The van der Waals surface area contributed by atoms with Crippen molar-refractivity contribution in [3.8, 4) is 5.75 Å². The SMILES string of the molecule is CCCC1=C(C(=O)OCC)[C@@H](c2ccccc2OC)n2c(s/c(=C/c3ccc(Sc4nccc(C)n4)o3)c2=O)=N1. The molecule has 0 aliphatic carbocycles. The Kier molecular flexibility index (Phi) is 8.32. The normalized spacial score (nSPS) is 15.1. The Morgan fingerprint density at radius 1 is 1.20 bits per heavy atom. The van der Waals surface area contributed by atoms with Crippen molar-refractivity contribution in [2.45, 2.75) is 49.9 Å². The minimum absolute atomic E-state index is 0.206. The second-order valence-electron chi connectivity index (χ2n) is 8.89. The van der Waals surface area contributed by atoms with Gasteiger partial charge in [0.25, 0.3) is 5.56 Å². The average molecular weight is 577 g/mol. The van der Waals surface area contributed by atoms with Gasteiger partial charge in [0.15, 0.2) is 15.1 Å². The lowest BCUT2D eigenvalue weighted by atomic mass is 9.93. The van der Waals surface area contributed by atoms with Crippen LogP contribution < -0.4 is 19.6 Å². The first-order chi connectivity index (χ1) is 19.4. The number of esters is 1. The first-order valence-electron chi connectivity index (χ1n) is 12.9. The summed E-state index contributed by atoms with van der Waals surface area (Å²) in [6.45, 7) is 5.88. The lowest BCUT2D eigenvalue weighted by molar-refractivity contribution is -0.139. The molecule has 206 valence electrons. The summed E-state index contributed by atoms with van der Waals surface area (Å²) < 4.78 is 19.1. The number of rotatable bonds is 9. The van der Waals surface area contributed by atoms with Gasteiger partial charge in [0.2, 0.25) is 0 Å². The zero-order chi connectivity index (χ0) is 28.2. The molecular weight excluding hydrogens is 548 g/mol. The van der Waals surface area contributed by atoms with Crippen molar-refractivity contribution >= 4 is 35.1 Å². The number of para-hydroxylation sites is 1. The number of hydrogen-bond donors (Lipinski definition) is 0. The quantitative estimate of drug-likeness (QED) is 0.213. The molecule has 5 rings (SSSR count). The van der Waals surface area contributed by atoms with Gasteiger partial charge in [0, 0.05) is 23.5 Å². The first-order valence-corrected chi connectivity index (χ1v) is 14.5. The Morgan fingerprint density at radius 3 is 2.77 bits per heavy atom. The highest BCUT2D eigenvalue weighted by molar-refractivity contribution is 7.99. The number of carbonyl (C=O) groups excluding carboxylic acids is 1. The number of furan rings is 1. The monoisotopic (exact) mass is 576 g/mol. The van der Waals surface area contributed by atoms with Crippen molar-refractivity contribution in [2.75, 3.05) is 13.7 Å². The summed E-state index contributed by atoms with van der Waals surface area (Å²) in [5.41, 5.74) is 2.21. The third-order valence-corrected chi connectivity index (χ3v) is 7.95. The van der Waals surface area contributed by atoms with E-state index in [0.29, 0.717) is 54.3 Å². The van der Waals surface area contributed by atoms with Crippen LogP contribution in [0, 0.1) is 6.92 Å². The van der Waals surface area contributed by atoms with Gasteiger partial charge in [-0.1, -0.05) is 42.9 Å². The maximum atomic E-state index is 13.9. The van der Waals surface area contributed by atoms with Gasteiger partial charge in [-0.15, -0.1) is 0 Å². The number of carbonyl (C=O) groups is 1. The molecule has 4 aromatic rings. The summed E-state index contributed by atoms with van der Waals surface area (Å²) >= 11 is 2.55. The van der Waals surface area contributed by atoms with Gasteiger partial charge in [-0.2, -0.15) is 0 Å². The molecule has 0 spiro atoms. The van der Waals surface area contributed by atoms with E-state index in [2.05, 4.69) is 9.97 Å². The van der Waals surface area contributed by atoms with E-state index in [9.17, 15) is 9.59 Å². The van der Waals surface area contributed by atoms with Gasteiger partial charge in [-0.25, -0.2) is 19.8 Å².